The highest BCUT2D eigenvalue weighted by atomic mass is 16.5. The molecule has 2 N–H and O–H groups in total. The van der Waals surface area contributed by atoms with Crippen LogP contribution >= 0.6 is 0 Å². The van der Waals surface area contributed by atoms with Gasteiger partial charge in [-0.1, -0.05) is 0 Å². The van der Waals surface area contributed by atoms with E-state index in [1.807, 2.05) is 0 Å². The van der Waals surface area contributed by atoms with Gasteiger partial charge in [0.15, 0.2) is 0 Å². The molecule has 0 spiro atoms. The topological polar surface area (TPSA) is 88.2 Å². The van der Waals surface area contributed by atoms with Gasteiger partial charge < -0.3 is 9.84 Å². The summed E-state index contributed by atoms with van der Waals surface area (Å²) in [6.45, 7) is -3.27. The predicted octanol–water partition coefficient (Wildman–Crippen LogP) is 1.90. The Hall–Kier alpha value is -2.63. The quantitative estimate of drug-likeness (QED) is 0.851. The zero-order valence-electron chi connectivity index (χ0n) is 17.1. The Balaban J connectivity index is 2.60. The maximum Gasteiger partial charge on any atom is 0.303 e. The van der Waals surface area contributed by atoms with E-state index in [-0.39, 0.29) is 5.69 Å². The number of methoxy groups -OCH3 is 1. The third-order valence-corrected chi connectivity index (χ3v) is 2.55. The standard InChI is InChI=1S/C15H17N3O3/c1-21-12-6-4-11(5-7-12)13-8-9-14(16)18(17-13)10-2-3-15(19)20/h4-9,16H,2-3,10H2,1H3,(H,19,20)/i2D2,3D2,10D2. The number of rotatable bonds is 6. The Morgan fingerprint density at radius 1 is 1.38 bits per heavy atom. The van der Waals surface area contributed by atoms with E-state index in [0.717, 1.165) is 6.07 Å². The molecule has 1 aromatic carbocycles. The van der Waals surface area contributed by atoms with Crippen molar-refractivity contribution < 1.29 is 22.9 Å². The molecule has 0 radical (unpaired) electrons. The molecule has 0 bridgehead atoms. The van der Waals surface area contributed by atoms with Gasteiger partial charge in [-0.25, -0.2) is 4.68 Å². The Labute approximate surface area is 130 Å². The molecule has 0 amide bonds. The van der Waals surface area contributed by atoms with Gasteiger partial charge >= 0.3 is 5.97 Å². The highest BCUT2D eigenvalue weighted by Gasteiger charge is 2.04. The van der Waals surface area contributed by atoms with Crippen molar-refractivity contribution in [1.82, 2.24) is 9.78 Å². The van der Waals surface area contributed by atoms with Crippen LogP contribution in [0.15, 0.2) is 36.4 Å². The molecule has 0 atom stereocenters. The molecule has 0 aliphatic rings. The van der Waals surface area contributed by atoms with Crippen LogP contribution in [0.25, 0.3) is 11.3 Å². The Morgan fingerprint density at radius 3 is 2.71 bits per heavy atom. The molecule has 110 valence electrons. The van der Waals surface area contributed by atoms with Crippen molar-refractivity contribution >= 4 is 5.97 Å². The molecule has 1 heterocycles. The van der Waals surface area contributed by atoms with Gasteiger partial charge in [-0.05, 0) is 42.8 Å². The fourth-order valence-electron chi connectivity index (χ4n) is 1.56. The fourth-order valence-corrected chi connectivity index (χ4v) is 1.56. The smallest absolute Gasteiger partial charge is 0.303 e. The van der Waals surface area contributed by atoms with Gasteiger partial charge in [-0.2, -0.15) is 5.10 Å². The van der Waals surface area contributed by atoms with Crippen molar-refractivity contribution in [2.45, 2.75) is 19.2 Å². The summed E-state index contributed by atoms with van der Waals surface area (Å²) in [5, 5.41) is 20.7. The Bertz CT molecular complexity index is 912. The molecular formula is C15H17N3O3. The van der Waals surface area contributed by atoms with Crippen LogP contribution in [0.4, 0.5) is 0 Å². The van der Waals surface area contributed by atoms with E-state index in [2.05, 4.69) is 5.10 Å². The van der Waals surface area contributed by atoms with Crippen molar-refractivity contribution in [2.24, 2.45) is 0 Å². The Kier molecular flexibility index (Phi) is 2.74. The summed E-state index contributed by atoms with van der Waals surface area (Å²) in [6.07, 6.45) is -7.09. The first-order valence-electron chi connectivity index (χ1n) is 8.89. The number of aliphatic carboxylic acids is 1. The largest absolute Gasteiger partial charge is 0.497 e. The second-order valence-electron chi connectivity index (χ2n) is 3.91. The van der Waals surface area contributed by atoms with Gasteiger partial charge in [-0.15, -0.1) is 0 Å². The number of hydrogen-bond acceptors (Lipinski definition) is 4. The van der Waals surface area contributed by atoms with E-state index in [4.69, 9.17) is 23.5 Å². The minimum atomic E-state index is -3.56. The number of carboxylic acids is 1. The summed E-state index contributed by atoms with van der Waals surface area (Å²) < 4.78 is 52.0. The van der Waals surface area contributed by atoms with E-state index in [0.29, 0.717) is 16.0 Å². The van der Waals surface area contributed by atoms with Crippen LogP contribution in [-0.4, -0.2) is 28.0 Å². The molecule has 0 saturated carbocycles. The average molecular weight is 293 g/mol. The minimum absolute atomic E-state index is 0.184. The zero-order valence-corrected chi connectivity index (χ0v) is 11.1. The van der Waals surface area contributed by atoms with Gasteiger partial charge in [0.05, 0.1) is 15.5 Å². The van der Waals surface area contributed by atoms with E-state index < -0.39 is 30.7 Å². The number of carboxylic acid groups (broad SMARTS) is 1. The molecule has 2 rings (SSSR count). The predicted molar refractivity (Wildman–Crippen MR) is 76.9 cm³/mol. The van der Waals surface area contributed by atoms with Crippen LogP contribution in [0.5, 0.6) is 5.75 Å². The first kappa shape index (κ1) is 8.61. The Morgan fingerprint density at radius 2 is 2.10 bits per heavy atom. The minimum Gasteiger partial charge on any atom is -0.497 e. The van der Waals surface area contributed by atoms with Gasteiger partial charge in [0.1, 0.15) is 11.2 Å². The number of ether oxygens (including phenoxy) is 1. The molecule has 6 nitrogen and oxygen atoms in total. The van der Waals surface area contributed by atoms with Gasteiger partial charge in [0, 0.05) is 23.9 Å². The fraction of sp³-hybridized carbons (Fsp3) is 0.267. The molecule has 0 aliphatic carbocycles. The molecular weight excluding hydrogens is 270 g/mol. The molecule has 0 saturated heterocycles. The number of aromatic nitrogens is 2. The van der Waals surface area contributed by atoms with Crippen molar-refractivity contribution in [3.05, 3.63) is 41.9 Å². The second-order valence-corrected chi connectivity index (χ2v) is 3.91. The SMILES string of the molecule is [2H]C([2H])(C(=O)O)C([2H])([2H])C([2H])([2H])n1nc(-c2ccc(OC)cc2)ccc1=N. The van der Waals surface area contributed by atoms with Crippen LogP contribution in [-0.2, 0) is 11.3 Å². The van der Waals surface area contributed by atoms with E-state index in [9.17, 15) is 4.79 Å². The first-order valence-corrected chi connectivity index (χ1v) is 5.89. The number of hydrogen-bond donors (Lipinski definition) is 2. The summed E-state index contributed by atoms with van der Waals surface area (Å²) >= 11 is 0. The number of nitrogens with one attached hydrogen (secondary N) is 1. The molecule has 2 aromatic rings. The van der Waals surface area contributed by atoms with Gasteiger partial charge in [-0.3, -0.25) is 10.2 Å². The molecule has 0 unspecified atom stereocenters. The number of nitrogens with zero attached hydrogens (tertiary/aromatic N) is 2. The van der Waals surface area contributed by atoms with Gasteiger partial charge in [0.25, 0.3) is 0 Å². The molecule has 0 fully saturated rings. The molecule has 0 aliphatic heterocycles. The van der Waals surface area contributed by atoms with Crippen molar-refractivity contribution in [3.8, 4) is 17.0 Å². The number of benzene rings is 1. The lowest BCUT2D eigenvalue weighted by molar-refractivity contribution is -0.137. The summed E-state index contributed by atoms with van der Waals surface area (Å²) in [4.78, 5) is 11.1. The summed E-state index contributed by atoms with van der Waals surface area (Å²) in [5.74, 6) is -1.58. The lowest BCUT2D eigenvalue weighted by Crippen LogP contribution is -2.22. The van der Waals surface area contributed by atoms with E-state index >= 15 is 0 Å². The molecule has 6 heteroatoms. The highest BCUT2D eigenvalue weighted by molar-refractivity contribution is 5.66. The molecule has 21 heavy (non-hydrogen) atoms. The highest BCUT2D eigenvalue weighted by Crippen LogP contribution is 2.19. The van der Waals surface area contributed by atoms with Crippen LogP contribution in [0.2, 0.25) is 0 Å². The lowest BCUT2D eigenvalue weighted by atomic mass is 10.1. The zero-order chi connectivity index (χ0) is 20.6. The molecule has 1 aromatic heterocycles. The monoisotopic (exact) mass is 293 g/mol. The van der Waals surface area contributed by atoms with Crippen LogP contribution in [0.1, 0.15) is 21.0 Å². The van der Waals surface area contributed by atoms with Crippen molar-refractivity contribution in [2.75, 3.05) is 7.11 Å². The van der Waals surface area contributed by atoms with E-state index in [1.54, 1.807) is 24.3 Å². The van der Waals surface area contributed by atoms with Crippen molar-refractivity contribution in [3.63, 3.8) is 0 Å². The maximum absolute atomic E-state index is 11.1. The maximum atomic E-state index is 11.1. The second kappa shape index (κ2) is 6.69. The third kappa shape index (κ3) is 3.92. The van der Waals surface area contributed by atoms with Crippen LogP contribution < -0.4 is 10.2 Å². The van der Waals surface area contributed by atoms with Crippen molar-refractivity contribution in [1.29, 1.82) is 5.41 Å². The van der Waals surface area contributed by atoms with Crippen LogP contribution in [0.3, 0.4) is 0 Å². The summed E-state index contributed by atoms with van der Waals surface area (Å²) in [6, 6.07) is 9.08. The van der Waals surface area contributed by atoms with E-state index in [1.165, 1.54) is 13.2 Å². The first-order chi connectivity index (χ1) is 12.4. The number of carbonyl (C=O) groups is 1. The lowest BCUT2D eigenvalue weighted by Gasteiger charge is -2.08. The average Bonchev–Trinajstić information content (AvgIpc) is 2.61. The van der Waals surface area contributed by atoms with Crippen LogP contribution in [0, 0.1) is 5.41 Å². The number of aryl methyl sites for hydroxylation is 1. The third-order valence-electron chi connectivity index (χ3n) is 2.55. The van der Waals surface area contributed by atoms with Gasteiger partial charge in [0.2, 0.25) is 0 Å². The summed E-state index contributed by atoms with van der Waals surface area (Å²) in [5.41, 5.74) is 0.147. The normalized spacial score (nSPS) is 16.6. The summed E-state index contributed by atoms with van der Waals surface area (Å²) in [7, 11) is 1.49.